The van der Waals surface area contributed by atoms with E-state index in [1.54, 1.807) is 0 Å². The number of fused-ring (bicyclic) bond motifs is 1. The van der Waals surface area contributed by atoms with E-state index in [-0.39, 0.29) is 11.2 Å². The normalized spacial score (nSPS) is 12.1. The molecule has 2 heterocycles. The van der Waals surface area contributed by atoms with Crippen molar-refractivity contribution in [1.82, 2.24) is 4.98 Å². The molecule has 0 aliphatic heterocycles. The molecule has 0 radical (unpaired) electrons. The minimum Gasteiger partial charge on any atom is -0.465 e. The lowest BCUT2D eigenvalue weighted by molar-refractivity contribution is -0.115. The van der Waals surface area contributed by atoms with Gasteiger partial charge in [-0.15, -0.1) is 11.3 Å². The summed E-state index contributed by atoms with van der Waals surface area (Å²) in [6.45, 7) is 9.71. The summed E-state index contributed by atoms with van der Waals surface area (Å²) in [6, 6.07) is 8.13. The molecule has 1 amide bonds. The van der Waals surface area contributed by atoms with Gasteiger partial charge in [0.1, 0.15) is 5.00 Å². The Morgan fingerprint density at radius 1 is 1.17 bits per heavy atom. The Balaban J connectivity index is 1.82. The maximum atomic E-state index is 12.8. The van der Waals surface area contributed by atoms with E-state index in [4.69, 9.17) is 9.72 Å². The Hall–Kier alpha value is -2.38. The molecule has 0 aliphatic carbocycles. The van der Waals surface area contributed by atoms with Gasteiger partial charge in [0.2, 0.25) is 5.91 Å². The van der Waals surface area contributed by atoms with Gasteiger partial charge in [0.15, 0.2) is 0 Å². The number of para-hydroxylation sites is 1. The van der Waals surface area contributed by atoms with Crippen molar-refractivity contribution in [2.75, 3.05) is 12.4 Å². The second kappa shape index (κ2) is 8.55. The van der Waals surface area contributed by atoms with Gasteiger partial charge in [0.25, 0.3) is 0 Å². The van der Waals surface area contributed by atoms with Crippen molar-refractivity contribution >= 4 is 50.9 Å². The number of ether oxygens (including phenoxy) is 1. The van der Waals surface area contributed by atoms with Crippen LogP contribution in [0, 0.1) is 27.7 Å². The van der Waals surface area contributed by atoms with Gasteiger partial charge in [-0.3, -0.25) is 4.79 Å². The van der Waals surface area contributed by atoms with E-state index in [1.165, 1.54) is 30.2 Å². The number of aromatic nitrogens is 1. The van der Waals surface area contributed by atoms with Crippen LogP contribution in [0.1, 0.15) is 38.8 Å². The van der Waals surface area contributed by atoms with E-state index in [1.807, 2.05) is 45.9 Å². The number of pyridine rings is 1. The maximum Gasteiger partial charge on any atom is 0.341 e. The van der Waals surface area contributed by atoms with Gasteiger partial charge in [-0.2, -0.15) is 0 Å². The Labute approximate surface area is 178 Å². The molecular formula is C22H24N2O3S2. The molecule has 0 saturated heterocycles. The molecule has 0 bridgehead atoms. The molecule has 0 aliphatic rings. The highest BCUT2D eigenvalue weighted by Crippen LogP contribution is 2.34. The van der Waals surface area contributed by atoms with Crippen molar-refractivity contribution in [2.45, 2.75) is 44.9 Å². The summed E-state index contributed by atoms with van der Waals surface area (Å²) >= 11 is 2.79. The average molecular weight is 429 g/mol. The number of thioether (sulfide) groups is 1. The maximum absolute atomic E-state index is 12.8. The van der Waals surface area contributed by atoms with Crippen LogP contribution in [0.15, 0.2) is 29.3 Å². The topological polar surface area (TPSA) is 68.3 Å². The van der Waals surface area contributed by atoms with E-state index >= 15 is 0 Å². The van der Waals surface area contributed by atoms with Gasteiger partial charge in [0, 0.05) is 10.3 Å². The predicted octanol–water partition coefficient (Wildman–Crippen LogP) is 5.44. The number of thiophene rings is 1. The zero-order chi connectivity index (χ0) is 21.3. The molecule has 152 valence electrons. The third-order valence-electron chi connectivity index (χ3n) is 4.90. The lowest BCUT2D eigenvalue weighted by atomic mass is 10.1. The third-order valence-corrected chi connectivity index (χ3v) is 7.04. The summed E-state index contributed by atoms with van der Waals surface area (Å²) in [5, 5.41) is 4.98. The van der Waals surface area contributed by atoms with Gasteiger partial charge in [0.05, 0.1) is 28.5 Å². The average Bonchev–Trinajstić information content (AvgIpc) is 2.95. The van der Waals surface area contributed by atoms with Gasteiger partial charge in [-0.25, -0.2) is 9.78 Å². The summed E-state index contributed by atoms with van der Waals surface area (Å²) in [6.07, 6.45) is 0. The van der Waals surface area contributed by atoms with Crippen LogP contribution in [0.5, 0.6) is 0 Å². The van der Waals surface area contributed by atoms with Crippen LogP contribution in [-0.4, -0.2) is 29.2 Å². The van der Waals surface area contributed by atoms with Crippen LogP contribution in [-0.2, 0) is 9.53 Å². The first-order chi connectivity index (χ1) is 13.7. The molecule has 3 aromatic rings. The van der Waals surface area contributed by atoms with E-state index in [9.17, 15) is 9.59 Å². The van der Waals surface area contributed by atoms with Crippen LogP contribution < -0.4 is 5.32 Å². The molecule has 0 fully saturated rings. The first-order valence-electron chi connectivity index (χ1n) is 9.25. The Morgan fingerprint density at radius 3 is 2.59 bits per heavy atom. The highest BCUT2D eigenvalue weighted by atomic mass is 32.2. The fraction of sp³-hybridized carbons (Fsp3) is 0.318. The Kier molecular flexibility index (Phi) is 6.29. The van der Waals surface area contributed by atoms with E-state index in [0.717, 1.165) is 37.5 Å². The van der Waals surface area contributed by atoms with Gasteiger partial charge in [-0.05, 0) is 57.4 Å². The number of anilines is 1. The molecule has 5 nitrogen and oxygen atoms in total. The summed E-state index contributed by atoms with van der Waals surface area (Å²) in [7, 11) is 1.34. The molecule has 1 unspecified atom stereocenters. The number of nitrogens with one attached hydrogen (secondary N) is 1. The molecule has 1 atom stereocenters. The van der Waals surface area contributed by atoms with Gasteiger partial charge in [-0.1, -0.05) is 30.0 Å². The van der Waals surface area contributed by atoms with Crippen LogP contribution in [0.2, 0.25) is 0 Å². The standard InChI is InChI=1S/C22H24N2O3S2/c1-11-8-7-9-16-12(2)10-17(23-19(11)16)28-15(5)20(25)24-21-18(22(26)27-6)13(3)14(4)29-21/h7-10,15H,1-6H3,(H,24,25). The Morgan fingerprint density at radius 2 is 1.90 bits per heavy atom. The van der Waals surface area contributed by atoms with Crippen LogP contribution in [0.3, 0.4) is 0 Å². The van der Waals surface area contributed by atoms with Gasteiger partial charge < -0.3 is 10.1 Å². The number of hydrogen-bond acceptors (Lipinski definition) is 6. The monoisotopic (exact) mass is 428 g/mol. The number of hydrogen-bond donors (Lipinski definition) is 1. The van der Waals surface area contributed by atoms with Crippen molar-refractivity contribution < 1.29 is 14.3 Å². The molecule has 7 heteroatoms. The third kappa shape index (κ3) is 4.31. The second-order valence-corrected chi connectivity index (χ2v) is 9.56. The molecule has 29 heavy (non-hydrogen) atoms. The fourth-order valence-corrected chi connectivity index (χ4v) is 5.07. The number of amides is 1. The molecule has 3 rings (SSSR count). The second-order valence-electron chi connectivity index (χ2n) is 6.98. The highest BCUT2D eigenvalue weighted by Gasteiger charge is 2.24. The number of rotatable bonds is 5. The summed E-state index contributed by atoms with van der Waals surface area (Å²) in [5.74, 6) is -0.615. The lowest BCUT2D eigenvalue weighted by Gasteiger charge is -2.13. The molecule has 1 N–H and O–H groups in total. The number of esters is 1. The number of methoxy groups -OCH3 is 1. The predicted molar refractivity (Wildman–Crippen MR) is 120 cm³/mol. The van der Waals surface area contributed by atoms with E-state index < -0.39 is 5.97 Å². The minimum absolute atomic E-state index is 0.175. The number of aryl methyl sites for hydroxylation is 3. The summed E-state index contributed by atoms with van der Waals surface area (Å²) in [5.41, 5.74) is 4.46. The SMILES string of the molecule is COC(=O)c1c(NC(=O)C(C)Sc2cc(C)c3cccc(C)c3n2)sc(C)c1C. The number of benzene rings is 1. The molecule has 1 aromatic carbocycles. The van der Waals surface area contributed by atoms with Crippen molar-refractivity contribution in [2.24, 2.45) is 0 Å². The zero-order valence-corrected chi connectivity index (χ0v) is 19.0. The molecular weight excluding hydrogens is 404 g/mol. The van der Waals surface area contributed by atoms with Crippen LogP contribution in [0.4, 0.5) is 5.00 Å². The lowest BCUT2D eigenvalue weighted by Crippen LogP contribution is -2.23. The molecule has 0 saturated carbocycles. The van der Waals surface area contributed by atoms with Crippen LogP contribution >= 0.6 is 23.1 Å². The molecule has 0 spiro atoms. The number of carbonyl (C=O) groups is 2. The minimum atomic E-state index is -0.440. The van der Waals surface area contributed by atoms with Crippen molar-refractivity contribution in [1.29, 1.82) is 0 Å². The Bertz CT molecular complexity index is 1110. The molecule has 2 aromatic heterocycles. The van der Waals surface area contributed by atoms with Crippen molar-refractivity contribution in [3.63, 3.8) is 0 Å². The summed E-state index contributed by atoms with van der Waals surface area (Å²) < 4.78 is 4.88. The smallest absolute Gasteiger partial charge is 0.341 e. The largest absolute Gasteiger partial charge is 0.465 e. The van der Waals surface area contributed by atoms with Gasteiger partial charge >= 0.3 is 5.97 Å². The first kappa shape index (κ1) is 21.3. The van der Waals surface area contributed by atoms with E-state index in [2.05, 4.69) is 18.3 Å². The quantitative estimate of drug-likeness (QED) is 0.433. The first-order valence-corrected chi connectivity index (χ1v) is 10.9. The summed E-state index contributed by atoms with van der Waals surface area (Å²) in [4.78, 5) is 30.7. The van der Waals surface area contributed by atoms with Crippen molar-refractivity contribution in [3.05, 3.63) is 51.4 Å². The zero-order valence-electron chi connectivity index (χ0n) is 17.4. The number of nitrogens with zero attached hydrogens (tertiary/aromatic N) is 1. The van der Waals surface area contributed by atoms with Crippen molar-refractivity contribution in [3.8, 4) is 0 Å². The number of carbonyl (C=O) groups excluding carboxylic acids is 2. The highest BCUT2D eigenvalue weighted by molar-refractivity contribution is 8.00. The fourth-order valence-electron chi connectivity index (χ4n) is 3.10. The van der Waals surface area contributed by atoms with E-state index in [0.29, 0.717) is 10.6 Å². The van der Waals surface area contributed by atoms with Crippen LogP contribution in [0.25, 0.3) is 10.9 Å².